The number of hydrogen-bond acceptors (Lipinski definition) is 4. The van der Waals surface area contributed by atoms with Crippen LogP contribution in [0.15, 0.2) is 39.9 Å². The number of carbonyl (C=O) groups is 1. The van der Waals surface area contributed by atoms with Crippen molar-refractivity contribution >= 4 is 28.1 Å². The Morgan fingerprint density at radius 1 is 1.25 bits per heavy atom. The van der Waals surface area contributed by atoms with Crippen molar-refractivity contribution in [1.29, 1.82) is 0 Å². The molecule has 0 unspecified atom stereocenters. The maximum absolute atomic E-state index is 11.8. The topological polar surface area (TPSA) is 70.9 Å². The second kappa shape index (κ2) is 7.97. The van der Waals surface area contributed by atoms with Crippen LogP contribution in [0.4, 0.5) is 0 Å². The normalized spacial score (nSPS) is 10.8. The Labute approximate surface area is 149 Å². The van der Waals surface area contributed by atoms with Crippen LogP contribution < -0.4 is 10.2 Å². The van der Waals surface area contributed by atoms with E-state index in [0.29, 0.717) is 5.56 Å². The van der Waals surface area contributed by atoms with Crippen LogP contribution >= 0.6 is 15.9 Å². The van der Waals surface area contributed by atoms with Gasteiger partial charge < -0.3 is 9.84 Å². The molecule has 5 nitrogen and oxygen atoms in total. The lowest BCUT2D eigenvalue weighted by molar-refractivity contribution is -0.123. The average Bonchev–Trinajstić information content (AvgIpc) is 2.54. The smallest absolute Gasteiger partial charge is 0.277 e. The third-order valence-corrected chi connectivity index (χ3v) is 4.10. The molecule has 6 heteroatoms. The van der Waals surface area contributed by atoms with Crippen molar-refractivity contribution in [3.05, 3.63) is 57.1 Å². The van der Waals surface area contributed by atoms with Crippen LogP contribution in [0, 0.1) is 20.8 Å². The van der Waals surface area contributed by atoms with Crippen LogP contribution in [-0.2, 0) is 4.79 Å². The van der Waals surface area contributed by atoms with Crippen molar-refractivity contribution in [2.24, 2.45) is 5.10 Å². The van der Waals surface area contributed by atoms with Crippen LogP contribution in [0.1, 0.15) is 22.3 Å². The predicted molar refractivity (Wildman–Crippen MR) is 97.7 cm³/mol. The van der Waals surface area contributed by atoms with E-state index in [1.807, 2.05) is 32.9 Å². The summed E-state index contributed by atoms with van der Waals surface area (Å²) in [5.41, 5.74) is 5.99. The fraction of sp³-hybridized carbons (Fsp3) is 0.222. The van der Waals surface area contributed by atoms with Gasteiger partial charge in [-0.2, -0.15) is 5.10 Å². The zero-order valence-electron chi connectivity index (χ0n) is 13.8. The molecule has 2 aromatic rings. The van der Waals surface area contributed by atoms with Crippen LogP contribution in [0.5, 0.6) is 11.5 Å². The van der Waals surface area contributed by atoms with Gasteiger partial charge in [-0.25, -0.2) is 5.43 Å². The molecule has 0 spiro atoms. The molecule has 0 heterocycles. The molecule has 2 rings (SSSR count). The molecule has 0 radical (unpaired) electrons. The zero-order chi connectivity index (χ0) is 17.7. The van der Waals surface area contributed by atoms with E-state index in [4.69, 9.17) is 4.74 Å². The number of carbonyl (C=O) groups excluding carboxylic acids is 1. The number of hydrogen-bond donors (Lipinski definition) is 2. The highest BCUT2D eigenvalue weighted by Crippen LogP contribution is 2.25. The van der Waals surface area contributed by atoms with Gasteiger partial charge >= 0.3 is 0 Å². The number of halogens is 1. The minimum absolute atomic E-state index is 0.0819. The lowest BCUT2D eigenvalue weighted by Gasteiger charge is -2.13. The molecule has 0 aliphatic rings. The van der Waals surface area contributed by atoms with E-state index >= 15 is 0 Å². The Bertz CT molecular complexity index is 788. The predicted octanol–water partition coefficient (Wildman–Crippen LogP) is 3.61. The Morgan fingerprint density at radius 2 is 1.96 bits per heavy atom. The van der Waals surface area contributed by atoms with Gasteiger partial charge in [-0.3, -0.25) is 4.79 Å². The molecule has 2 aromatic carbocycles. The van der Waals surface area contributed by atoms with E-state index < -0.39 is 0 Å². The van der Waals surface area contributed by atoms with Gasteiger partial charge in [0, 0.05) is 10.0 Å². The summed E-state index contributed by atoms with van der Waals surface area (Å²) in [7, 11) is 0. The molecule has 0 saturated heterocycles. The first kappa shape index (κ1) is 18.0. The standard InChI is InChI=1S/C18H19BrN2O3/c1-11-4-5-12(2)18(13(11)3)24-10-17(23)21-20-9-14-8-15(19)6-7-16(14)22/h4-9,22H,10H2,1-3H3,(H,21,23). The summed E-state index contributed by atoms with van der Waals surface area (Å²) in [6.07, 6.45) is 1.38. The molecule has 126 valence electrons. The quantitative estimate of drug-likeness (QED) is 0.604. The molecular weight excluding hydrogens is 372 g/mol. The van der Waals surface area contributed by atoms with Gasteiger partial charge in [0.15, 0.2) is 6.61 Å². The molecule has 0 saturated carbocycles. The van der Waals surface area contributed by atoms with E-state index in [9.17, 15) is 9.90 Å². The van der Waals surface area contributed by atoms with Crippen LogP contribution in [0.3, 0.4) is 0 Å². The number of hydrazone groups is 1. The number of rotatable bonds is 5. The second-order valence-corrected chi connectivity index (χ2v) is 6.35. The van der Waals surface area contributed by atoms with Gasteiger partial charge in [-0.1, -0.05) is 28.1 Å². The largest absolute Gasteiger partial charge is 0.507 e. The molecule has 24 heavy (non-hydrogen) atoms. The Hall–Kier alpha value is -2.34. The molecular formula is C18H19BrN2O3. The lowest BCUT2D eigenvalue weighted by atomic mass is 10.1. The van der Waals surface area contributed by atoms with Gasteiger partial charge in [0.1, 0.15) is 11.5 Å². The fourth-order valence-electron chi connectivity index (χ4n) is 2.12. The van der Waals surface area contributed by atoms with Gasteiger partial charge in [-0.15, -0.1) is 0 Å². The molecule has 0 aliphatic carbocycles. The van der Waals surface area contributed by atoms with Gasteiger partial charge in [0.25, 0.3) is 5.91 Å². The van der Waals surface area contributed by atoms with Crippen LogP contribution in [0.25, 0.3) is 0 Å². The SMILES string of the molecule is Cc1ccc(C)c(OCC(=O)NN=Cc2cc(Br)ccc2O)c1C. The third-order valence-electron chi connectivity index (χ3n) is 3.60. The van der Waals surface area contributed by atoms with E-state index in [1.165, 1.54) is 6.21 Å². The van der Waals surface area contributed by atoms with Crippen molar-refractivity contribution in [3.8, 4) is 11.5 Å². The third kappa shape index (κ3) is 4.58. The lowest BCUT2D eigenvalue weighted by Crippen LogP contribution is -2.25. The first-order chi connectivity index (χ1) is 11.4. The number of aryl methyl sites for hydroxylation is 2. The molecule has 0 aliphatic heterocycles. The summed E-state index contributed by atoms with van der Waals surface area (Å²) in [5.74, 6) is 0.429. The summed E-state index contributed by atoms with van der Waals surface area (Å²) in [4.78, 5) is 11.8. The fourth-order valence-corrected chi connectivity index (χ4v) is 2.50. The second-order valence-electron chi connectivity index (χ2n) is 5.44. The highest BCUT2D eigenvalue weighted by molar-refractivity contribution is 9.10. The van der Waals surface area contributed by atoms with Gasteiger partial charge in [-0.05, 0) is 55.7 Å². The number of nitrogens with zero attached hydrogens (tertiary/aromatic N) is 1. The van der Waals surface area contributed by atoms with E-state index in [-0.39, 0.29) is 18.3 Å². The molecule has 2 N–H and O–H groups in total. The van der Waals surface area contributed by atoms with Crippen molar-refractivity contribution in [3.63, 3.8) is 0 Å². The van der Waals surface area contributed by atoms with E-state index in [0.717, 1.165) is 26.9 Å². The number of nitrogens with one attached hydrogen (secondary N) is 1. The first-order valence-electron chi connectivity index (χ1n) is 7.38. The summed E-state index contributed by atoms with van der Waals surface area (Å²) in [5, 5.41) is 13.5. The molecule has 0 atom stereocenters. The Morgan fingerprint density at radius 3 is 2.71 bits per heavy atom. The first-order valence-corrected chi connectivity index (χ1v) is 8.18. The zero-order valence-corrected chi connectivity index (χ0v) is 15.3. The van der Waals surface area contributed by atoms with Gasteiger partial charge in [0.05, 0.1) is 6.21 Å². The number of benzene rings is 2. The van der Waals surface area contributed by atoms with Crippen molar-refractivity contribution in [1.82, 2.24) is 5.43 Å². The monoisotopic (exact) mass is 390 g/mol. The average molecular weight is 391 g/mol. The number of phenolic OH excluding ortho intramolecular Hbond substituents is 1. The van der Waals surface area contributed by atoms with Gasteiger partial charge in [0.2, 0.25) is 0 Å². The van der Waals surface area contributed by atoms with Crippen molar-refractivity contribution in [2.45, 2.75) is 20.8 Å². The maximum atomic E-state index is 11.8. The molecule has 0 fully saturated rings. The minimum Gasteiger partial charge on any atom is -0.507 e. The van der Waals surface area contributed by atoms with Crippen LogP contribution in [0.2, 0.25) is 0 Å². The van der Waals surface area contributed by atoms with E-state index in [2.05, 4.69) is 26.5 Å². The minimum atomic E-state index is -0.374. The summed E-state index contributed by atoms with van der Waals surface area (Å²) >= 11 is 3.31. The number of aromatic hydroxyl groups is 1. The Kier molecular flexibility index (Phi) is 5.98. The Balaban J connectivity index is 1.94. The highest BCUT2D eigenvalue weighted by atomic mass is 79.9. The number of amides is 1. The highest BCUT2D eigenvalue weighted by Gasteiger charge is 2.09. The summed E-state index contributed by atoms with van der Waals surface area (Å²) in [6.45, 7) is 5.76. The maximum Gasteiger partial charge on any atom is 0.277 e. The number of phenols is 1. The molecule has 0 bridgehead atoms. The summed E-state index contributed by atoms with van der Waals surface area (Å²) < 4.78 is 6.42. The molecule has 1 amide bonds. The molecule has 0 aromatic heterocycles. The van der Waals surface area contributed by atoms with E-state index in [1.54, 1.807) is 18.2 Å². The summed E-state index contributed by atoms with van der Waals surface area (Å²) in [6, 6.07) is 8.93. The number of ether oxygens (including phenoxy) is 1. The van der Waals surface area contributed by atoms with Crippen LogP contribution in [-0.4, -0.2) is 23.8 Å². The van der Waals surface area contributed by atoms with Crippen molar-refractivity contribution < 1.29 is 14.6 Å². The van der Waals surface area contributed by atoms with Crippen molar-refractivity contribution in [2.75, 3.05) is 6.61 Å².